The normalized spacial score (nSPS) is 16.0. The lowest BCUT2D eigenvalue weighted by Gasteiger charge is -2.24. The van der Waals surface area contributed by atoms with Gasteiger partial charge < -0.3 is 14.3 Å². The maximum Gasteiger partial charge on any atom is 0.296 e. The van der Waals surface area contributed by atoms with Crippen molar-refractivity contribution in [1.29, 1.82) is 0 Å². The van der Waals surface area contributed by atoms with Gasteiger partial charge in [-0.2, -0.15) is 0 Å². The molecule has 1 N–H and O–H groups in total. The average molecular weight is 539 g/mol. The Labute approximate surface area is 207 Å². The van der Waals surface area contributed by atoms with Gasteiger partial charge in [0.2, 0.25) is 5.78 Å². The Morgan fingerprint density at radius 1 is 1.24 bits per heavy atom. The number of aromatic nitrogens is 1. The molecule has 1 aliphatic rings. The molecule has 2 aromatic heterocycles. The number of ketones is 1. The number of aliphatic hydroxyl groups is 1. The van der Waals surface area contributed by atoms with E-state index in [1.165, 1.54) is 22.3 Å². The summed E-state index contributed by atoms with van der Waals surface area (Å²) in [6.45, 7) is 4.16. The second-order valence-electron chi connectivity index (χ2n) is 7.69. The molecule has 0 saturated heterocycles. The minimum atomic E-state index is -0.880. The summed E-state index contributed by atoms with van der Waals surface area (Å²) in [4.78, 5) is 32.8. The van der Waals surface area contributed by atoms with Crippen LogP contribution in [0.5, 0.6) is 5.75 Å². The number of anilines is 1. The summed E-state index contributed by atoms with van der Waals surface area (Å²) < 4.78 is 12.7. The van der Waals surface area contributed by atoms with Crippen LogP contribution in [0.2, 0.25) is 0 Å². The monoisotopic (exact) mass is 538 g/mol. The molecule has 9 heteroatoms. The molecule has 7 nitrogen and oxygen atoms in total. The van der Waals surface area contributed by atoms with E-state index in [-0.39, 0.29) is 11.3 Å². The first kappa shape index (κ1) is 22.4. The Hall–Kier alpha value is -3.43. The lowest BCUT2D eigenvalue weighted by atomic mass is 9.95. The third kappa shape index (κ3) is 3.80. The number of hydrogen-bond acceptors (Lipinski definition) is 7. The summed E-state index contributed by atoms with van der Waals surface area (Å²) in [5.41, 5.74) is 1.28. The molecule has 34 heavy (non-hydrogen) atoms. The van der Waals surface area contributed by atoms with Gasteiger partial charge in [-0.3, -0.25) is 14.5 Å². The van der Waals surface area contributed by atoms with Crippen molar-refractivity contribution in [2.45, 2.75) is 19.9 Å². The molecule has 172 valence electrons. The van der Waals surface area contributed by atoms with E-state index in [0.717, 1.165) is 9.17 Å². The number of amides is 1. The van der Waals surface area contributed by atoms with E-state index in [1.54, 1.807) is 19.1 Å². The summed E-state index contributed by atoms with van der Waals surface area (Å²) in [5, 5.41) is 11.3. The Kier molecular flexibility index (Phi) is 5.75. The molecule has 0 fully saturated rings. The van der Waals surface area contributed by atoms with E-state index < -0.39 is 23.5 Å². The molecule has 1 aliphatic heterocycles. The van der Waals surface area contributed by atoms with Crippen LogP contribution in [0.15, 0.2) is 74.8 Å². The van der Waals surface area contributed by atoms with Crippen molar-refractivity contribution in [3.05, 3.63) is 87.5 Å². The predicted molar refractivity (Wildman–Crippen MR) is 133 cm³/mol. The lowest BCUT2D eigenvalue weighted by molar-refractivity contribution is -0.117. The van der Waals surface area contributed by atoms with Crippen LogP contribution in [0.1, 0.15) is 34.8 Å². The van der Waals surface area contributed by atoms with Gasteiger partial charge in [0.25, 0.3) is 5.91 Å². The largest absolute Gasteiger partial charge is 0.503 e. The number of thiazole rings is 1. The zero-order valence-corrected chi connectivity index (χ0v) is 20.6. The molecule has 0 radical (unpaired) electrons. The van der Waals surface area contributed by atoms with Gasteiger partial charge in [0, 0.05) is 4.47 Å². The fourth-order valence-corrected chi connectivity index (χ4v) is 5.41. The van der Waals surface area contributed by atoms with Gasteiger partial charge in [-0.1, -0.05) is 39.4 Å². The standard InChI is InChI=1S/C25H19BrN2O5S/c1-3-32-16-8-9-17-19(12-16)34-25(27-17)28-21(14-5-4-6-15(26)11-14)20(23(30)24(28)31)22(29)18-10-7-13(2)33-18/h4-12,21,30H,3H2,1-2H3/t21-/m1/s1. The number of benzene rings is 2. The molecule has 5 rings (SSSR count). The third-order valence-corrected chi connectivity index (χ3v) is 6.96. The van der Waals surface area contributed by atoms with Crippen LogP contribution in [0.4, 0.5) is 5.13 Å². The zero-order chi connectivity index (χ0) is 24.0. The van der Waals surface area contributed by atoms with Gasteiger partial charge in [0.15, 0.2) is 16.7 Å². The van der Waals surface area contributed by atoms with E-state index in [2.05, 4.69) is 20.9 Å². The number of carbonyl (C=O) groups excluding carboxylic acids is 2. The number of rotatable bonds is 6. The van der Waals surface area contributed by atoms with E-state index in [1.807, 2.05) is 43.3 Å². The van der Waals surface area contributed by atoms with Gasteiger partial charge in [-0.15, -0.1) is 0 Å². The summed E-state index contributed by atoms with van der Waals surface area (Å²) in [7, 11) is 0. The molecular formula is C25H19BrN2O5S. The second kappa shape index (κ2) is 8.73. The molecule has 0 unspecified atom stereocenters. The lowest BCUT2D eigenvalue weighted by Crippen LogP contribution is -2.30. The number of Topliss-reactive ketones (excluding diaryl/α,β-unsaturated/α-hetero) is 1. The molecule has 0 saturated carbocycles. The van der Waals surface area contributed by atoms with Crippen LogP contribution in [0.3, 0.4) is 0 Å². The highest BCUT2D eigenvalue weighted by Gasteiger charge is 2.46. The number of aliphatic hydroxyl groups excluding tert-OH is 1. The SMILES string of the molecule is CCOc1ccc2nc(N3C(=O)C(O)=C(C(=O)c4ccc(C)o4)[C@H]3c3cccc(Br)c3)sc2c1. The molecule has 0 aliphatic carbocycles. The first-order chi connectivity index (χ1) is 16.4. The second-order valence-corrected chi connectivity index (χ2v) is 9.62. The molecule has 0 bridgehead atoms. The summed E-state index contributed by atoms with van der Waals surface area (Å²) in [6, 6.07) is 15.1. The molecule has 3 heterocycles. The van der Waals surface area contributed by atoms with Crippen molar-refractivity contribution in [2.24, 2.45) is 0 Å². The Balaban J connectivity index is 1.65. The minimum Gasteiger partial charge on any atom is -0.503 e. The van der Waals surface area contributed by atoms with Crippen molar-refractivity contribution in [2.75, 3.05) is 11.5 Å². The molecule has 2 aromatic carbocycles. The topological polar surface area (TPSA) is 92.9 Å². The van der Waals surface area contributed by atoms with Crippen molar-refractivity contribution >= 4 is 54.3 Å². The number of halogens is 1. The van der Waals surface area contributed by atoms with Crippen molar-refractivity contribution in [3.63, 3.8) is 0 Å². The highest BCUT2D eigenvalue weighted by Crippen LogP contribution is 2.45. The summed E-state index contributed by atoms with van der Waals surface area (Å²) in [5.74, 6) is -0.545. The van der Waals surface area contributed by atoms with Gasteiger partial charge in [-0.25, -0.2) is 4.98 Å². The number of ether oxygens (including phenoxy) is 1. The number of nitrogens with zero attached hydrogens (tertiary/aromatic N) is 2. The Bertz CT molecular complexity index is 1470. The van der Waals surface area contributed by atoms with Gasteiger partial charge in [0.05, 0.1) is 28.4 Å². The van der Waals surface area contributed by atoms with Crippen LogP contribution < -0.4 is 9.64 Å². The average Bonchev–Trinajstić information content (AvgIpc) is 3.50. The molecule has 1 amide bonds. The van der Waals surface area contributed by atoms with Crippen molar-refractivity contribution < 1.29 is 23.8 Å². The van der Waals surface area contributed by atoms with Gasteiger partial charge in [-0.05, 0) is 61.9 Å². The minimum absolute atomic E-state index is 0.0493. The number of hydrogen-bond donors (Lipinski definition) is 1. The van der Waals surface area contributed by atoms with Gasteiger partial charge >= 0.3 is 0 Å². The van der Waals surface area contributed by atoms with Gasteiger partial charge in [0.1, 0.15) is 11.5 Å². The van der Waals surface area contributed by atoms with E-state index >= 15 is 0 Å². The van der Waals surface area contributed by atoms with Crippen LogP contribution in [-0.4, -0.2) is 28.4 Å². The van der Waals surface area contributed by atoms with Crippen LogP contribution >= 0.6 is 27.3 Å². The van der Waals surface area contributed by atoms with Crippen molar-refractivity contribution in [3.8, 4) is 5.75 Å². The fourth-order valence-electron chi connectivity index (χ4n) is 3.97. The highest BCUT2D eigenvalue weighted by molar-refractivity contribution is 9.10. The maximum atomic E-state index is 13.4. The Morgan fingerprint density at radius 3 is 2.76 bits per heavy atom. The number of furan rings is 1. The third-order valence-electron chi connectivity index (χ3n) is 5.45. The van der Waals surface area contributed by atoms with Crippen LogP contribution in [0.25, 0.3) is 10.2 Å². The molecule has 0 spiro atoms. The summed E-state index contributed by atoms with van der Waals surface area (Å²) in [6.07, 6.45) is 0. The number of fused-ring (bicyclic) bond motifs is 1. The van der Waals surface area contributed by atoms with E-state index in [0.29, 0.717) is 34.3 Å². The summed E-state index contributed by atoms with van der Waals surface area (Å²) >= 11 is 4.75. The zero-order valence-electron chi connectivity index (χ0n) is 18.2. The smallest absolute Gasteiger partial charge is 0.296 e. The first-order valence-electron chi connectivity index (χ1n) is 10.5. The quantitative estimate of drug-likeness (QED) is 0.296. The Morgan fingerprint density at radius 2 is 2.06 bits per heavy atom. The maximum absolute atomic E-state index is 13.4. The predicted octanol–water partition coefficient (Wildman–Crippen LogP) is 6.14. The van der Waals surface area contributed by atoms with Crippen molar-refractivity contribution in [1.82, 2.24) is 4.98 Å². The molecule has 1 atom stereocenters. The highest BCUT2D eigenvalue weighted by atomic mass is 79.9. The fraction of sp³-hybridized carbons (Fsp3) is 0.160. The molecule has 4 aromatic rings. The number of aryl methyl sites for hydroxylation is 1. The van der Waals surface area contributed by atoms with E-state index in [4.69, 9.17) is 9.15 Å². The first-order valence-corrected chi connectivity index (χ1v) is 12.1. The van der Waals surface area contributed by atoms with E-state index in [9.17, 15) is 14.7 Å². The van der Waals surface area contributed by atoms with Crippen LogP contribution in [0, 0.1) is 6.92 Å². The van der Waals surface area contributed by atoms with Crippen LogP contribution in [-0.2, 0) is 4.79 Å². The number of carbonyl (C=O) groups is 2. The molecular weight excluding hydrogens is 520 g/mol.